The Bertz CT molecular complexity index is 3600. The van der Waals surface area contributed by atoms with Crippen molar-refractivity contribution < 1.29 is 4.42 Å². The highest BCUT2D eigenvalue weighted by molar-refractivity contribution is 6.13. The van der Waals surface area contributed by atoms with E-state index in [4.69, 9.17) is 4.42 Å². The molecule has 0 atom stereocenters. The van der Waals surface area contributed by atoms with Crippen molar-refractivity contribution >= 4 is 49.8 Å². The fourth-order valence-electron chi connectivity index (χ4n) is 11.5. The molecule has 0 aliphatic heterocycles. The van der Waals surface area contributed by atoms with E-state index >= 15 is 0 Å². The van der Waals surface area contributed by atoms with Crippen molar-refractivity contribution in [2.24, 2.45) is 0 Å². The van der Waals surface area contributed by atoms with Gasteiger partial charge in [-0.3, -0.25) is 0 Å². The molecule has 0 saturated heterocycles. The van der Waals surface area contributed by atoms with Gasteiger partial charge >= 0.3 is 0 Å². The first kappa shape index (κ1) is 36.7. The Morgan fingerprint density at radius 3 is 1.69 bits per heavy atom. The van der Waals surface area contributed by atoms with Gasteiger partial charge in [-0.05, 0) is 126 Å². The van der Waals surface area contributed by atoms with Gasteiger partial charge in [-0.25, -0.2) is 0 Å². The third kappa shape index (κ3) is 5.14. The van der Waals surface area contributed by atoms with Gasteiger partial charge in [0.1, 0.15) is 11.2 Å². The summed E-state index contributed by atoms with van der Waals surface area (Å²) in [4.78, 5) is 2.48. The van der Waals surface area contributed by atoms with Gasteiger partial charge in [0, 0.05) is 33.2 Å². The van der Waals surface area contributed by atoms with Crippen LogP contribution in [0.2, 0.25) is 0 Å². The van der Waals surface area contributed by atoms with Crippen LogP contribution in [0.1, 0.15) is 47.2 Å². The van der Waals surface area contributed by atoms with Crippen LogP contribution in [0, 0.1) is 0 Å². The molecule has 10 aromatic carbocycles. The second-order valence-corrected chi connectivity index (χ2v) is 18.0. The molecule has 302 valence electrons. The third-order valence-corrected chi connectivity index (χ3v) is 14.3. The Kier molecular flexibility index (Phi) is 7.90. The lowest BCUT2D eigenvalue weighted by molar-refractivity contribution is 0.660. The summed E-state index contributed by atoms with van der Waals surface area (Å²) in [6.45, 7) is 4.73. The largest absolute Gasteiger partial charge is 0.456 e. The Morgan fingerprint density at radius 1 is 0.375 bits per heavy atom. The molecular weight excluding hydrogens is 775 g/mol. The molecule has 0 saturated carbocycles. The molecule has 0 spiro atoms. The van der Waals surface area contributed by atoms with E-state index in [2.05, 4.69) is 243 Å². The molecule has 2 aliphatic rings. The van der Waals surface area contributed by atoms with Crippen LogP contribution in [0.3, 0.4) is 0 Å². The van der Waals surface area contributed by atoms with E-state index in [-0.39, 0.29) is 5.41 Å². The molecule has 0 N–H and O–H groups in total. The van der Waals surface area contributed by atoms with Gasteiger partial charge in [0.25, 0.3) is 0 Å². The number of anilines is 3. The maximum atomic E-state index is 6.62. The SMILES string of the molecule is CC1(C)c2ccccc2-c2ccc(N(c3ccc4c(c3)C(c3ccccc3)(c3ccccc3)c3c-4ccc4ccccc34)c3ccc4oc5cccc(-c6ccccc6)c5c4c3)cc21. The lowest BCUT2D eigenvalue weighted by Crippen LogP contribution is -2.29. The van der Waals surface area contributed by atoms with Gasteiger partial charge in [0.05, 0.1) is 5.41 Å². The van der Waals surface area contributed by atoms with Crippen LogP contribution >= 0.6 is 0 Å². The number of hydrogen-bond donors (Lipinski definition) is 0. The summed E-state index contributed by atoms with van der Waals surface area (Å²) >= 11 is 0. The van der Waals surface area contributed by atoms with Crippen molar-refractivity contribution in [2.75, 3.05) is 4.90 Å². The number of benzene rings is 10. The van der Waals surface area contributed by atoms with Crippen molar-refractivity contribution in [1.82, 2.24) is 0 Å². The van der Waals surface area contributed by atoms with Crippen LogP contribution < -0.4 is 4.90 Å². The van der Waals surface area contributed by atoms with Crippen LogP contribution in [0.15, 0.2) is 229 Å². The summed E-state index contributed by atoms with van der Waals surface area (Å²) < 4.78 is 6.62. The van der Waals surface area contributed by atoms with Gasteiger partial charge in [0.2, 0.25) is 0 Å². The standard InChI is InChI=1S/C62H43NO/c1-61(2)54-27-15-14-25-49(54)50-34-30-45(38-55(50)61)63(44-32-36-57-53(37-44)59-47(26-16-28-58(59)64-57)40-17-6-3-7-18-40)46-31-35-51-52-33-29-41-19-12-13-24-48(41)60(52)62(56(51)39-46,42-20-8-4-9-21-42)43-22-10-5-11-23-43/h3-39H,1-2H3. The summed E-state index contributed by atoms with van der Waals surface area (Å²) in [6, 6.07) is 82.9. The Labute approximate surface area is 373 Å². The van der Waals surface area contributed by atoms with Crippen LogP contribution in [-0.2, 0) is 10.8 Å². The molecule has 1 heterocycles. The number of rotatable bonds is 6. The monoisotopic (exact) mass is 817 g/mol. The minimum Gasteiger partial charge on any atom is -0.456 e. The Hall–Kier alpha value is -7.94. The van der Waals surface area contributed by atoms with Crippen molar-refractivity contribution in [3.63, 3.8) is 0 Å². The zero-order valence-electron chi connectivity index (χ0n) is 35.7. The summed E-state index contributed by atoms with van der Waals surface area (Å²) in [5.41, 5.74) is 19.6. The first-order valence-corrected chi connectivity index (χ1v) is 22.3. The van der Waals surface area contributed by atoms with Crippen molar-refractivity contribution in [2.45, 2.75) is 24.7 Å². The molecule has 0 bridgehead atoms. The van der Waals surface area contributed by atoms with E-state index in [1.165, 1.54) is 72.0 Å². The van der Waals surface area contributed by atoms with E-state index < -0.39 is 5.41 Å². The third-order valence-electron chi connectivity index (χ3n) is 14.3. The lowest BCUT2D eigenvalue weighted by Gasteiger charge is -2.35. The van der Waals surface area contributed by atoms with E-state index in [0.717, 1.165) is 44.6 Å². The van der Waals surface area contributed by atoms with Crippen molar-refractivity contribution in [3.05, 3.63) is 258 Å². The highest BCUT2D eigenvalue weighted by atomic mass is 16.3. The molecule has 0 fully saturated rings. The smallest absolute Gasteiger partial charge is 0.136 e. The maximum Gasteiger partial charge on any atom is 0.136 e. The van der Waals surface area contributed by atoms with E-state index in [1.807, 2.05) is 0 Å². The normalized spacial score (nSPS) is 14.0. The quantitative estimate of drug-likeness (QED) is 0.166. The molecule has 64 heavy (non-hydrogen) atoms. The van der Waals surface area contributed by atoms with Crippen molar-refractivity contribution in [3.8, 4) is 33.4 Å². The Morgan fingerprint density at radius 2 is 0.938 bits per heavy atom. The van der Waals surface area contributed by atoms with Crippen LogP contribution in [0.4, 0.5) is 17.1 Å². The van der Waals surface area contributed by atoms with E-state index in [0.29, 0.717) is 0 Å². The van der Waals surface area contributed by atoms with Gasteiger partial charge in [-0.2, -0.15) is 0 Å². The second kappa shape index (κ2) is 13.8. The van der Waals surface area contributed by atoms with Crippen LogP contribution in [-0.4, -0.2) is 0 Å². The fraction of sp³-hybridized carbons (Fsp3) is 0.0645. The first-order valence-electron chi connectivity index (χ1n) is 22.3. The minimum absolute atomic E-state index is 0.167. The number of fused-ring (bicyclic) bond motifs is 11. The number of furan rings is 1. The van der Waals surface area contributed by atoms with Gasteiger partial charge < -0.3 is 9.32 Å². The molecule has 2 aliphatic carbocycles. The minimum atomic E-state index is -0.591. The zero-order valence-corrected chi connectivity index (χ0v) is 35.7. The van der Waals surface area contributed by atoms with Crippen LogP contribution in [0.5, 0.6) is 0 Å². The summed E-state index contributed by atoms with van der Waals surface area (Å²) in [6.07, 6.45) is 0. The van der Waals surface area contributed by atoms with Crippen molar-refractivity contribution in [1.29, 1.82) is 0 Å². The highest BCUT2D eigenvalue weighted by Gasteiger charge is 2.47. The lowest BCUT2D eigenvalue weighted by atomic mass is 9.66. The van der Waals surface area contributed by atoms with Gasteiger partial charge in [-0.1, -0.05) is 190 Å². The number of nitrogens with zero attached hydrogens (tertiary/aromatic N) is 1. The van der Waals surface area contributed by atoms with Gasteiger partial charge in [-0.15, -0.1) is 0 Å². The molecule has 2 heteroatoms. The maximum absolute atomic E-state index is 6.62. The molecule has 1 aromatic heterocycles. The Balaban J connectivity index is 1.10. The molecule has 13 rings (SSSR count). The zero-order chi connectivity index (χ0) is 42.6. The molecular formula is C62H43NO. The molecule has 2 nitrogen and oxygen atoms in total. The summed E-state index contributed by atoms with van der Waals surface area (Å²) in [5, 5.41) is 4.73. The molecule has 0 unspecified atom stereocenters. The number of hydrogen-bond acceptors (Lipinski definition) is 2. The van der Waals surface area contributed by atoms with Gasteiger partial charge in [0.15, 0.2) is 0 Å². The predicted molar refractivity (Wildman–Crippen MR) is 266 cm³/mol. The summed E-state index contributed by atoms with van der Waals surface area (Å²) in [5.74, 6) is 0. The predicted octanol–water partition coefficient (Wildman–Crippen LogP) is 16.5. The summed E-state index contributed by atoms with van der Waals surface area (Å²) in [7, 11) is 0. The average molecular weight is 818 g/mol. The average Bonchev–Trinajstić information content (AvgIpc) is 3.96. The first-order chi connectivity index (χ1) is 31.5. The molecule has 0 amide bonds. The van der Waals surface area contributed by atoms with Crippen LogP contribution in [0.25, 0.3) is 66.1 Å². The van der Waals surface area contributed by atoms with E-state index in [1.54, 1.807) is 0 Å². The fourth-order valence-corrected chi connectivity index (χ4v) is 11.5. The molecule has 11 aromatic rings. The highest BCUT2D eigenvalue weighted by Crippen LogP contribution is 2.59. The van der Waals surface area contributed by atoms with E-state index in [9.17, 15) is 0 Å². The topological polar surface area (TPSA) is 16.4 Å². The molecule has 0 radical (unpaired) electrons. The second-order valence-electron chi connectivity index (χ2n) is 18.0.